The molecular weight excluding hydrogens is 528 g/mol. The third kappa shape index (κ3) is 3.84. The molecule has 0 spiro atoms. The summed E-state index contributed by atoms with van der Waals surface area (Å²) < 4.78 is 2.16. The number of aryl methyl sites for hydroxylation is 1. The highest BCUT2D eigenvalue weighted by atomic mass is 16.2. The lowest BCUT2D eigenvalue weighted by Gasteiger charge is -2.16. The molecule has 0 fully saturated rings. The third-order valence-electron chi connectivity index (χ3n) is 8.39. The van der Waals surface area contributed by atoms with Gasteiger partial charge in [-0.1, -0.05) is 115 Å². The number of aromatic nitrogens is 1. The number of anilines is 1. The first-order valence-corrected chi connectivity index (χ1v) is 14.4. The molecule has 204 valence electrons. The summed E-state index contributed by atoms with van der Waals surface area (Å²) in [4.78, 5) is 29.4. The maximum absolute atomic E-state index is 14.2. The predicted molar refractivity (Wildman–Crippen MR) is 174 cm³/mol. The first kappa shape index (κ1) is 25.0. The third-order valence-corrected chi connectivity index (χ3v) is 8.39. The van der Waals surface area contributed by atoms with Gasteiger partial charge in [-0.05, 0) is 53.9 Å². The van der Waals surface area contributed by atoms with Crippen molar-refractivity contribution in [1.82, 2.24) is 4.57 Å². The normalized spacial score (nSPS) is 12.8. The molecule has 7 aromatic rings. The molecule has 6 aromatic carbocycles. The minimum absolute atomic E-state index is 0.311. The minimum atomic E-state index is -0.318. The summed E-state index contributed by atoms with van der Waals surface area (Å²) >= 11 is 0. The number of hydrogen-bond acceptors (Lipinski definition) is 2. The predicted octanol–water partition coefficient (Wildman–Crippen LogP) is 9.23. The zero-order valence-corrected chi connectivity index (χ0v) is 23.5. The van der Waals surface area contributed by atoms with E-state index in [9.17, 15) is 9.59 Å². The summed E-state index contributed by atoms with van der Waals surface area (Å²) in [5.74, 6) is -0.629. The summed E-state index contributed by atoms with van der Waals surface area (Å²) in [5, 5.41) is 2.19. The Morgan fingerprint density at radius 2 is 1.16 bits per heavy atom. The van der Waals surface area contributed by atoms with E-state index in [0.29, 0.717) is 22.5 Å². The Morgan fingerprint density at radius 3 is 1.98 bits per heavy atom. The van der Waals surface area contributed by atoms with Crippen molar-refractivity contribution in [3.05, 3.63) is 156 Å². The van der Waals surface area contributed by atoms with E-state index in [-0.39, 0.29) is 11.8 Å². The van der Waals surface area contributed by atoms with Gasteiger partial charge in [0.1, 0.15) is 0 Å². The van der Waals surface area contributed by atoms with Crippen LogP contribution in [0.1, 0.15) is 26.3 Å². The molecule has 4 nitrogen and oxygen atoms in total. The smallest absolute Gasteiger partial charge is 0.268 e. The number of amides is 2. The molecule has 4 heteroatoms. The van der Waals surface area contributed by atoms with Gasteiger partial charge in [-0.25, -0.2) is 4.90 Å². The van der Waals surface area contributed by atoms with E-state index in [1.807, 2.05) is 78.9 Å². The van der Waals surface area contributed by atoms with Crippen molar-refractivity contribution < 1.29 is 9.59 Å². The molecule has 0 bridgehead atoms. The van der Waals surface area contributed by atoms with Gasteiger partial charge in [0, 0.05) is 16.3 Å². The van der Waals surface area contributed by atoms with E-state index in [0.717, 1.165) is 44.1 Å². The van der Waals surface area contributed by atoms with Gasteiger partial charge < -0.3 is 4.57 Å². The monoisotopic (exact) mass is 554 g/mol. The van der Waals surface area contributed by atoms with Gasteiger partial charge in [0.25, 0.3) is 11.8 Å². The van der Waals surface area contributed by atoms with E-state index < -0.39 is 0 Å². The molecule has 1 aliphatic rings. The van der Waals surface area contributed by atoms with Crippen LogP contribution in [-0.4, -0.2) is 16.4 Å². The second kappa shape index (κ2) is 9.68. The van der Waals surface area contributed by atoms with Crippen LogP contribution < -0.4 is 4.90 Å². The average molecular weight is 555 g/mol. The molecule has 0 radical (unpaired) electrons. The van der Waals surface area contributed by atoms with E-state index in [1.165, 1.54) is 10.5 Å². The van der Waals surface area contributed by atoms with Crippen LogP contribution in [0, 0.1) is 6.92 Å². The standard InChI is InChI=1S/C39H26N2O2/c1-25-10-7-13-28(24-25)30-15-8-16-32-31-14-5-6-18-34(31)41(37(30)32)35-19-9-17-33-36(35)39(43)40(38(33)42)29-22-20-27(21-23-29)26-11-3-2-4-12-26/h2-24H,1H3. The highest BCUT2D eigenvalue weighted by Gasteiger charge is 2.39. The molecule has 2 amide bonds. The fourth-order valence-electron chi connectivity index (χ4n) is 6.44. The molecular formula is C39H26N2O2. The van der Waals surface area contributed by atoms with Crippen LogP contribution in [-0.2, 0) is 0 Å². The molecule has 2 heterocycles. The molecule has 0 saturated heterocycles. The number of fused-ring (bicyclic) bond motifs is 4. The topological polar surface area (TPSA) is 42.3 Å². The number of para-hydroxylation sites is 2. The Kier molecular flexibility index (Phi) is 5.63. The van der Waals surface area contributed by atoms with Crippen LogP contribution in [0.4, 0.5) is 5.69 Å². The van der Waals surface area contributed by atoms with Crippen LogP contribution in [0.15, 0.2) is 140 Å². The van der Waals surface area contributed by atoms with Crippen molar-refractivity contribution in [1.29, 1.82) is 0 Å². The summed E-state index contributed by atoms with van der Waals surface area (Å²) in [7, 11) is 0. The van der Waals surface area contributed by atoms with E-state index in [4.69, 9.17) is 0 Å². The summed E-state index contributed by atoms with van der Waals surface area (Å²) in [6, 6.07) is 46.3. The number of carbonyl (C=O) groups excluding carboxylic acids is 2. The molecule has 43 heavy (non-hydrogen) atoms. The number of hydrogen-bond donors (Lipinski definition) is 0. The highest BCUT2D eigenvalue weighted by molar-refractivity contribution is 6.36. The van der Waals surface area contributed by atoms with Crippen molar-refractivity contribution in [2.45, 2.75) is 6.92 Å². The van der Waals surface area contributed by atoms with Gasteiger partial charge in [0.2, 0.25) is 0 Å². The Bertz CT molecular complexity index is 2230. The molecule has 1 aromatic heterocycles. The van der Waals surface area contributed by atoms with E-state index in [1.54, 1.807) is 6.07 Å². The van der Waals surface area contributed by atoms with Crippen LogP contribution >= 0.6 is 0 Å². The van der Waals surface area contributed by atoms with Crippen molar-refractivity contribution >= 4 is 39.3 Å². The molecule has 0 saturated carbocycles. The first-order chi connectivity index (χ1) is 21.1. The highest BCUT2D eigenvalue weighted by Crippen LogP contribution is 2.41. The lowest BCUT2D eigenvalue weighted by Crippen LogP contribution is -2.29. The fraction of sp³-hybridized carbons (Fsp3) is 0.0256. The van der Waals surface area contributed by atoms with Gasteiger partial charge in [-0.3, -0.25) is 9.59 Å². The van der Waals surface area contributed by atoms with E-state index >= 15 is 0 Å². The van der Waals surface area contributed by atoms with Crippen molar-refractivity contribution in [3.8, 4) is 27.9 Å². The number of carbonyl (C=O) groups is 2. The summed E-state index contributed by atoms with van der Waals surface area (Å²) in [6.07, 6.45) is 0. The lowest BCUT2D eigenvalue weighted by atomic mass is 10.00. The van der Waals surface area contributed by atoms with Gasteiger partial charge in [0.15, 0.2) is 0 Å². The lowest BCUT2D eigenvalue weighted by molar-refractivity contribution is 0.0926. The Labute approximate surface area is 249 Å². The molecule has 0 unspecified atom stereocenters. The fourth-order valence-corrected chi connectivity index (χ4v) is 6.44. The second-order valence-corrected chi connectivity index (χ2v) is 11.0. The molecule has 0 N–H and O–H groups in total. The van der Waals surface area contributed by atoms with Gasteiger partial charge in [0.05, 0.1) is 33.5 Å². The largest absolute Gasteiger partial charge is 0.308 e. The summed E-state index contributed by atoms with van der Waals surface area (Å²) in [6.45, 7) is 2.09. The van der Waals surface area contributed by atoms with Gasteiger partial charge in [-0.15, -0.1) is 0 Å². The number of rotatable bonds is 4. The van der Waals surface area contributed by atoms with Crippen LogP contribution in [0.5, 0.6) is 0 Å². The maximum atomic E-state index is 14.2. The van der Waals surface area contributed by atoms with Gasteiger partial charge >= 0.3 is 0 Å². The molecule has 1 aliphatic heterocycles. The SMILES string of the molecule is Cc1cccc(-c2cccc3c4ccccc4n(-c4cccc5c4C(=O)N(c4ccc(-c6ccccc6)cc4)C5=O)c23)c1. The zero-order valence-electron chi connectivity index (χ0n) is 23.5. The van der Waals surface area contributed by atoms with Crippen LogP contribution in [0.3, 0.4) is 0 Å². The minimum Gasteiger partial charge on any atom is -0.308 e. The first-order valence-electron chi connectivity index (χ1n) is 14.4. The quantitative estimate of drug-likeness (QED) is 0.204. The molecule has 0 atom stereocenters. The summed E-state index contributed by atoms with van der Waals surface area (Å²) in [5.41, 5.74) is 9.52. The molecule has 8 rings (SSSR count). The molecule has 0 aliphatic carbocycles. The Morgan fingerprint density at radius 1 is 0.512 bits per heavy atom. The maximum Gasteiger partial charge on any atom is 0.268 e. The van der Waals surface area contributed by atoms with Crippen LogP contribution in [0.2, 0.25) is 0 Å². The van der Waals surface area contributed by atoms with Crippen molar-refractivity contribution in [2.75, 3.05) is 4.90 Å². The number of imide groups is 1. The van der Waals surface area contributed by atoms with Crippen LogP contribution in [0.25, 0.3) is 49.7 Å². The number of benzene rings is 6. The van der Waals surface area contributed by atoms with Crippen molar-refractivity contribution in [2.24, 2.45) is 0 Å². The van der Waals surface area contributed by atoms with Gasteiger partial charge in [-0.2, -0.15) is 0 Å². The second-order valence-electron chi connectivity index (χ2n) is 11.0. The zero-order chi connectivity index (χ0) is 29.1. The van der Waals surface area contributed by atoms with E-state index in [2.05, 4.69) is 66.1 Å². The number of nitrogens with zero attached hydrogens (tertiary/aromatic N) is 2. The Balaban J connectivity index is 1.33. The average Bonchev–Trinajstić information content (AvgIpc) is 3.52. The Hall–Kier alpha value is -5.74. The van der Waals surface area contributed by atoms with Crippen molar-refractivity contribution in [3.63, 3.8) is 0 Å².